The van der Waals surface area contributed by atoms with Crippen LogP contribution in [0.5, 0.6) is 0 Å². The quantitative estimate of drug-likeness (QED) is 0.387. The van der Waals surface area contributed by atoms with Crippen molar-refractivity contribution in [3.8, 4) is 0 Å². The highest BCUT2D eigenvalue weighted by Gasteiger charge is 2.41. The molecule has 2 heteroatoms. The molecule has 0 aromatic carbocycles. The van der Waals surface area contributed by atoms with Gasteiger partial charge in [0.1, 0.15) is 5.84 Å². The highest BCUT2D eigenvalue weighted by molar-refractivity contribution is 6.09. The molecule has 2 unspecified atom stereocenters. The van der Waals surface area contributed by atoms with E-state index in [0.29, 0.717) is 11.8 Å². The molecule has 0 aromatic heterocycles. The summed E-state index contributed by atoms with van der Waals surface area (Å²) < 4.78 is 0. The lowest BCUT2D eigenvalue weighted by Crippen LogP contribution is -2.38. The van der Waals surface area contributed by atoms with Gasteiger partial charge in [0.05, 0.1) is 6.04 Å². The number of hydrogen-bond acceptors (Lipinski definition) is 2. The molecule has 0 saturated heterocycles. The Hall–Kier alpha value is -0.660. The van der Waals surface area contributed by atoms with Crippen LogP contribution in [0, 0.1) is 22.7 Å². The van der Waals surface area contributed by atoms with Crippen LogP contribution < -0.4 is 0 Å². The maximum absolute atomic E-state index is 5.23. The van der Waals surface area contributed by atoms with Gasteiger partial charge in [-0.1, -0.05) is 88.0 Å². The van der Waals surface area contributed by atoms with Crippen LogP contribution in [0.1, 0.15) is 101 Å². The minimum atomic E-state index is 0.0882. The summed E-state index contributed by atoms with van der Waals surface area (Å²) in [6.07, 6.45) is 7.47. The second-order valence-electron chi connectivity index (χ2n) is 9.50. The van der Waals surface area contributed by atoms with Gasteiger partial charge in [0.2, 0.25) is 0 Å². The van der Waals surface area contributed by atoms with Crippen LogP contribution >= 0.6 is 0 Å². The lowest BCUT2D eigenvalue weighted by molar-refractivity contribution is 0.293. The molecule has 0 amide bonds. The summed E-state index contributed by atoms with van der Waals surface area (Å²) in [7, 11) is 0. The van der Waals surface area contributed by atoms with Crippen LogP contribution in [-0.4, -0.2) is 17.6 Å². The summed E-state index contributed by atoms with van der Waals surface area (Å²) in [5.74, 6) is 2.21. The van der Waals surface area contributed by atoms with Crippen molar-refractivity contribution in [2.45, 2.75) is 107 Å². The highest BCUT2D eigenvalue weighted by atomic mass is 15.1. The predicted molar refractivity (Wildman–Crippen MR) is 109 cm³/mol. The average Bonchev–Trinajstić information content (AvgIpc) is 2.93. The van der Waals surface area contributed by atoms with Crippen molar-refractivity contribution in [1.82, 2.24) is 0 Å². The zero-order valence-corrected chi connectivity index (χ0v) is 17.9. The first kappa shape index (κ1) is 21.4. The minimum absolute atomic E-state index is 0.0882. The molecule has 2 nitrogen and oxygen atoms in total. The topological polar surface area (TPSA) is 24.7 Å². The van der Waals surface area contributed by atoms with Crippen LogP contribution in [0.25, 0.3) is 0 Å². The summed E-state index contributed by atoms with van der Waals surface area (Å²) in [4.78, 5) is 10.4. The molecule has 0 fully saturated rings. The monoisotopic (exact) mass is 334 g/mol. The smallest absolute Gasteiger partial charge is 0.129 e. The van der Waals surface area contributed by atoms with E-state index in [9.17, 15) is 0 Å². The summed E-state index contributed by atoms with van der Waals surface area (Å²) in [5, 5.41) is 0. The van der Waals surface area contributed by atoms with Crippen LogP contribution in [0.15, 0.2) is 9.98 Å². The zero-order valence-electron chi connectivity index (χ0n) is 17.9. The van der Waals surface area contributed by atoms with Gasteiger partial charge in [-0.05, 0) is 30.1 Å². The molecule has 0 radical (unpaired) electrons. The number of hydrogen-bond donors (Lipinski definition) is 0. The van der Waals surface area contributed by atoms with Crippen LogP contribution in [0.3, 0.4) is 0 Å². The van der Waals surface area contributed by atoms with E-state index in [2.05, 4.69) is 62.3 Å². The van der Waals surface area contributed by atoms with Crippen molar-refractivity contribution < 1.29 is 0 Å². The lowest BCUT2D eigenvalue weighted by Gasteiger charge is -2.33. The zero-order chi connectivity index (χ0) is 18.5. The van der Waals surface area contributed by atoms with E-state index in [1.165, 1.54) is 37.8 Å². The van der Waals surface area contributed by atoms with E-state index in [0.717, 1.165) is 12.3 Å². The van der Waals surface area contributed by atoms with Gasteiger partial charge >= 0.3 is 0 Å². The first-order valence-electron chi connectivity index (χ1n) is 10.2. The van der Waals surface area contributed by atoms with Crippen LogP contribution in [0.4, 0.5) is 0 Å². The number of amidine groups is 1. The van der Waals surface area contributed by atoms with Gasteiger partial charge in [-0.15, -0.1) is 0 Å². The van der Waals surface area contributed by atoms with E-state index in [-0.39, 0.29) is 16.9 Å². The summed E-state index contributed by atoms with van der Waals surface area (Å²) in [5.41, 5.74) is 1.62. The standard InChI is InChI=1S/C22H42N2/c1-10-12-13-15-21(6,7)19-18(17(5)16(3)4)23-20(24-19)22(8,9)14-11-2/h16-17,19H,10-15H2,1-9H3. The van der Waals surface area contributed by atoms with Crippen molar-refractivity contribution >= 4 is 11.5 Å². The Morgan fingerprint density at radius 2 is 1.54 bits per heavy atom. The summed E-state index contributed by atoms with van der Waals surface area (Å²) in [6.45, 7) is 20.9. The van der Waals surface area contributed by atoms with Crippen molar-refractivity contribution in [3.63, 3.8) is 0 Å². The Morgan fingerprint density at radius 3 is 2.04 bits per heavy atom. The van der Waals surface area contributed by atoms with Gasteiger partial charge in [0.25, 0.3) is 0 Å². The van der Waals surface area contributed by atoms with E-state index < -0.39 is 0 Å². The summed E-state index contributed by atoms with van der Waals surface area (Å²) >= 11 is 0. The van der Waals surface area contributed by atoms with Gasteiger partial charge in [-0.25, -0.2) is 4.99 Å². The molecule has 0 aliphatic carbocycles. The highest BCUT2D eigenvalue weighted by Crippen LogP contribution is 2.39. The minimum Gasteiger partial charge on any atom is -0.260 e. The maximum Gasteiger partial charge on any atom is 0.129 e. The fourth-order valence-corrected chi connectivity index (χ4v) is 3.70. The predicted octanol–water partition coefficient (Wildman–Crippen LogP) is 6.93. The fourth-order valence-electron chi connectivity index (χ4n) is 3.70. The first-order chi connectivity index (χ1) is 11.1. The normalized spacial score (nSPS) is 20.3. The number of rotatable bonds is 10. The molecule has 1 heterocycles. The SMILES string of the molecule is CCCCCC(C)(C)C1N=C(C(C)(C)CCC)N=C1C(C)C(C)C. The molecule has 0 spiro atoms. The Bertz CT molecular complexity index is 455. The Labute approximate surface area is 151 Å². The molecule has 1 aliphatic heterocycles. The number of aliphatic imine (C=N–C) groups is 2. The van der Waals surface area contributed by atoms with Crippen molar-refractivity contribution in [1.29, 1.82) is 0 Å². The molecular formula is C22H42N2. The van der Waals surface area contributed by atoms with Gasteiger partial charge < -0.3 is 0 Å². The maximum atomic E-state index is 5.23. The van der Waals surface area contributed by atoms with Gasteiger partial charge in [0, 0.05) is 11.1 Å². The molecule has 1 aliphatic rings. The molecule has 0 N–H and O–H groups in total. The Morgan fingerprint density at radius 1 is 0.917 bits per heavy atom. The number of nitrogens with zero attached hydrogens (tertiary/aromatic N) is 2. The molecule has 0 saturated carbocycles. The van der Waals surface area contributed by atoms with E-state index >= 15 is 0 Å². The third-order valence-corrected chi connectivity index (χ3v) is 5.88. The second-order valence-corrected chi connectivity index (χ2v) is 9.50. The fraction of sp³-hybridized carbons (Fsp3) is 0.909. The van der Waals surface area contributed by atoms with Crippen molar-refractivity contribution in [3.05, 3.63) is 0 Å². The average molecular weight is 335 g/mol. The van der Waals surface area contributed by atoms with Crippen molar-refractivity contribution in [2.75, 3.05) is 0 Å². The number of unbranched alkanes of at least 4 members (excludes halogenated alkanes) is 2. The first-order valence-corrected chi connectivity index (χ1v) is 10.2. The Balaban J connectivity index is 3.13. The molecule has 140 valence electrons. The lowest BCUT2D eigenvalue weighted by atomic mass is 9.74. The third-order valence-electron chi connectivity index (χ3n) is 5.88. The van der Waals surface area contributed by atoms with Gasteiger partial charge in [-0.2, -0.15) is 0 Å². The van der Waals surface area contributed by atoms with E-state index in [4.69, 9.17) is 9.98 Å². The Kier molecular flexibility index (Phi) is 7.69. The van der Waals surface area contributed by atoms with Gasteiger partial charge in [-0.3, -0.25) is 4.99 Å². The molecule has 0 aromatic rings. The molecule has 24 heavy (non-hydrogen) atoms. The third kappa shape index (κ3) is 5.17. The molecule has 0 bridgehead atoms. The van der Waals surface area contributed by atoms with Crippen LogP contribution in [0.2, 0.25) is 0 Å². The summed E-state index contributed by atoms with van der Waals surface area (Å²) in [6, 6.07) is 0.262. The molecular weight excluding hydrogens is 292 g/mol. The van der Waals surface area contributed by atoms with Gasteiger partial charge in [0.15, 0.2) is 0 Å². The second kappa shape index (κ2) is 8.63. The van der Waals surface area contributed by atoms with Crippen molar-refractivity contribution in [2.24, 2.45) is 32.7 Å². The molecule has 2 atom stereocenters. The van der Waals surface area contributed by atoms with E-state index in [1.54, 1.807) is 0 Å². The largest absolute Gasteiger partial charge is 0.260 e. The van der Waals surface area contributed by atoms with Crippen LogP contribution in [-0.2, 0) is 0 Å². The molecule has 1 rings (SSSR count). The van der Waals surface area contributed by atoms with E-state index in [1.807, 2.05) is 0 Å².